The Morgan fingerprint density at radius 3 is 2.52 bits per heavy atom. The van der Waals surface area contributed by atoms with E-state index in [1.165, 1.54) is 0 Å². The van der Waals surface area contributed by atoms with Gasteiger partial charge >= 0.3 is 0 Å². The Kier molecular flexibility index (Phi) is 4.83. The zero-order valence-corrected chi connectivity index (χ0v) is 13.4. The van der Waals surface area contributed by atoms with Crippen molar-refractivity contribution in [3.05, 3.63) is 71.6 Å². The van der Waals surface area contributed by atoms with Gasteiger partial charge in [0.2, 0.25) is 11.7 Å². The van der Waals surface area contributed by atoms with Gasteiger partial charge in [-0.3, -0.25) is 4.79 Å². The highest BCUT2D eigenvalue weighted by molar-refractivity contribution is 5.94. The van der Waals surface area contributed by atoms with Crippen molar-refractivity contribution in [1.82, 2.24) is 15.5 Å². The van der Waals surface area contributed by atoms with Crippen molar-refractivity contribution in [2.45, 2.75) is 12.8 Å². The molecule has 1 heterocycles. The number of nitrogens with one attached hydrogen (secondary N) is 1. The van der Waals surface area contributed by atoms with Crippen molar-refractivity contribution in [3.63, 3.8) is 0 Å². The lowest BCUT2D eigenvalue weighted by molar-refractivity contribution is 0.0949. The number of halogens is 2. The molecule has 2 aromatic carbocycles. The van der Waals surface area contributed by atoms with Crippen molar-refractivity contribution in [3.8, 4) is 11.4 Å². The number of amides is 1. The molecule has 3 aromatic rings. The van der Waals surface area contributed by atoms with E-state index in [1.54, 1.807) is 6.92 Å². The van der Waals surface area contributed by atoms with Crippen molar-refractivity contribution >= 4 is 5.91 Å². The molecular formula is C18H15F2N3O2. The third-order valence-corrected chi connectivity index (χ3v) is 3.59. The van der Waals surface area contributed by atoms with E-state index < -0.39 is 17.5 Å². The summed E-state index contributed by atoms with van der Waals surface area (Å²) >= 11 is 0. The van der Waals surface area contributed by atoms with E-state index in [0.717, 1.165) is 17.7 Å². The molecule has 0 aliphatic heterocycles. The number of carbonyl (C=O) groups excluding carboxylic acids is 1. The highest BCUT2D eigenvalue weighted by Crippen LogP contribution is 2.19. The van der Waals surface area contributed by atoms with Crippen LogP contribution in [-0.4, -0.2) is 22.6 Å². The summed E-state index contributed by atoms with van der Waals surface area (Å²) in [6, 6.07) is 12.0. The van der Waals surface area contributed by atoms with Crippen LogP contribution in [0.25, 0.3) is 11.4 Å². The van der Waals surface area contributed by atoms with Crippen molar-refractivity contribution < 1.29 is 18.1 Å². The minimum Gasteiger partial charge on any atom is -0.351 e. The molecule has 7 heteroatoms. The fraction of sp³-hybridized carbons (Fsp3) is 0.167. The lowest BCUT2D eigenvalue weighted by atomic mass is 10.1. The van der Waals surface area contributed by atoms with Gasteiger partial charge in [-0.25, -0.2) is 8.78 Å². The van der Waals surface area contributed by atoms with Crippen LogP contribution in [-0.2, 0) is 0 Å². The van der Waals surface area contributed by atoms with Gasteiger partial charge in [0.15, 0.2) is 0 Å². The van der Waals surface area contributed by atoms with Crippen LogP contribution in [0.1, 0.15) is 29.1 Å². The number of nitrogens with zero attached hydrogens (tertiary/aromatic N) is 2. The number of benzene rings is 2. The van der Waals surface area contributed by atoms with Gasteiger partial charge in [0.25, 0.3) is 5.91 Å². The minimum atomic E-state index is -0.803. The van der Waals surface area contributed by atoms with E-state index in [1.807, 2.05) is 30.3 Å². The molecule has 25 heavy (non-hydrogen) atoms. The van der Waals surface area contributed by atoms with Gasteiger partial charge in [-0.15, -0.1) is 0 Å². The van der Waals surface area contributed by atoms with Gasteiger partial charge in [0.05, 0.1) is 5.92 Å². The Labute approximate surface area is 142 Å². The van der Waals surface area contributed by atoms with Crippen molar-refractivity contribution in [2.24, 2.45) is 0 Å². The van der Waals surface area contributed by atoms with Crippen LogP contribution in [0.5, 0.6) is 0 Å². The molecule has 0 fully saturated rings. The Morgan fingerprint density at radius 2 is 1.84 bits per heavy atom. The maximum atomic E-state index is 13.2. The molecule has 0 aliphatic carbocycles. The molecule has 0 radical (unpaired) electrons. The van der Waals surface area contributed by atoms with Crippen LogP contribution in [0, 0.1) is 11.6 Å². The van der Waals surface area contributed by atoms with Crippen LogP contribution in [0.2, 0.25) is 0 Å². The lowest BCUT2D eigenvalue weighted by Crippen LogP contribution is -2.27. The molecule has 1 aromatic heterocycles. The molecule has 1 amide bonds. The maximum absolute atomic E-state index is 13.2. The first-order chi connectivity index (χ1) is 12.0. The molecule has 0 bridgehead atoms. The number of aromatic nitrogens is 2. The third kappa shape index (κ3) is 4.06. The maximum Gasteiger partial charge on any atom is 0.251 e. The highest BCUT2D eigenvalue weighted by Gasteiger charge is 2.17. The molecule has 5 nitrogen and oxygen atoms in total. The summed E-state index contributed by atoms with van der Waals surface area (Å²) in [5.41, 5.74) is 0.740. The largest absolute Gasteiger partial charge is 0.351 e. The first-order valence-corrected chi connectivity index (χ1v) is 7.66. The van der Waals surface area contributed by atoms with E-state index in [4.69, 9.17) is 4.52 Å². The predicted octanol–water partition coefficient (Wildman–Crippen LogP) is 3.55. The lowest BCUT2D eigenvalue weighted by Gasteiger charge is -2.09. The van der Waals surface area contributed by atoms with Gasteiger partial charge in [-0.05, 0) is 12.1 Å². The molecule has 1 unspecified atom stereocenters. The summed E-state index contributed by atoms with van der Waals surface area (Å²) in [5, 5.41) is 6.52. The predicted molar refractivity (Wildman–Crippen MR) is 86.8 cm³/mol. The molecule has 128 valence electrons. The smallest absolute Gasteiger partial charge is 0.251 e. The zero-order valence-electron chi connectivity index (χ0n) is 13.4. The number of rotatable bonds is 5. The average molecular weight is 343 g/mol. The quantitative estimate of drug-likeness (QED) is 0.769. The SMILES string of the molecule is CC(CNC(=O)c1cc(F)cc(F)c1)c1nc(-c2ccccc2)no1. The second-order valence-electron chi connectivity index (χ2n) is 5.59. The third-order valence-electron chi connectivity index (χ3n) is 3.59. The van der Waals surface area contributed by atoms with Gasteiger partial charge < -0.3 is 9.84 Å². The van der Waals surface area contributed by atoms with Crippen LogP contribution >= 0.6 is 0 Å². The fourth-order valence-electron chi connectivity index (χ4n) is 2.26. The number of hydrogen-bond donors (Lipinski definition) is 1. The van der Waals surface area contributed by atoms with Gasteiger partial charge in [-0.1, -0.05) is 42.4 Å². The van der Waals surface area contributed by atoms with Gasteiger partial charge in [-0.2, -0.15) is 4.98 Å². The Bertz CT molecular complexity index is 861. The summed E-state index contributed by atoms with van der Waals surface area (Å²) in [7, 11) is 0. The number of hydrogen-bond acceptors (Lipinski definition) is 4. The van der Waals surface area contributed by atoms with E-state index in [0.29, 0.717) is 17.8 Å². The average Bonchev–Trinajstić information content (AvgIpc) is 3.09. The highest BCUT2D eigenvalue weighted by atomic mass is 19.1. The normalized spacial score (nSPS) is 12.0. The summed E-state index contributed by atoms with van der Waals surface area (Å²) in [6.07, 6.45) is 0. The van der Waals surface area contributed by atoms with E-state index in [2.05, 4.69) is 15.5 Å². The summed E-state index contributed by atoms with van der Waals surface area (Å²) in [4.78, 5) is 16.3. The summed E-state index contributed by atoms with van der Waals surface area (Å²) < 4.78 is 31.6. The zero-order chi connectivity index (χ0) is 17.8. The molecule has 1 N–H and O–H groups in total. The van der Waals surface area contributed by atoms with Gasteiger partial charge in [0.1, 0.15) is 11.6 Å². The Morgan fingerprint density at radius 1 is 1.16 bits per heavy atom. The Hall–Kier alpha value is -3.09. The Balaban J connectivity index is 1.64. The first kappa shape index (κ1) is 16.8. The van der Waals surface area contributed by atoms with Crippen molar-refractivity contribution in [2.75, 3.05) is 6.54 Å². The molecule has 0 aliphatic rings. The van der Waals surface area contributed by atoms with Crippen LogP contribution in [0.4, 0.5) is 8.78 Å². The molecule has 0 saturated heterocycles. The van der Waals surface area contributed by atoms with Crippen LogP contribution in [0.15, 0.2) is 53.1 Å². The minimum absolute atomic E-state index is 0.0831. The fourth-order valence-corrected chi connectivity index (χ4v) is 2.26. The monoisotopic (exact) mass is 343 g/mol. The standard InChI is InChI=1S/C18H15F2N3O2/c1-11(10-21-17(24)13-7-14(19)9-15(20)8-13)18-22-16(23-25-18)12-5-3-2-4-6-12/h2-9,11H,10H2,1H3,(H,21,24). The molecule has 3 rings (SSSR count). The van der Waals surface area contributed by atoms with Gasteiger partial charge in [0, 0.05) is 23.7 Å². The second-order valence-corrected chi connectivity index (χ2v) is 5.59. The van der Waals surface area contributed by atoms with E-state index in [9.17, 15) is 13.6 Å². The molecule has 0 spiro atoms. The summed E-state index contributed by atoms with van der Waals surface area (Å²) in [6.45, 7) is 1.99. The second kappa shape index (κ2) is 7.21. The van der Waals surface area contributed by atoms with Crippen molar-refractivity contribution in [1.29, 1.82) is 0 Å². The molecular weight excluding hydrogens is 328 g/mol. The molecule has 0 saturated carbocycles. The van der Waals surface area contributed by atoms with Crippen LogP contribution in [0.3, 0.4) is 0 Å². The summed E-state index contributed by atoms with van der Waals surface area (Å²) in [5.74, 6) is -1.61. The van der Waals surface area contributed by atoms with E-state index in [-0.39, 0.29) is 18.0 Å². The first-order valence-electron chi connectivity index (χ1n) is 7.66. The van der Waals surface area contributed by atoms with E-state index >= 15 is 0 Å². The number of carbonyl (C=O) groups is 1. The van der Waals surface area contributed by atoms with Crippen LogP contribution < -0.4 is 5.32 Å². The molecule has 1 atom stereocenters. The topological polar surface area (TPSA) is 68.0 Å².